The van der Waals surface area contributed by atoms with Crippen LogP contribution in [0.25, 0.3) is 0 Å². The molecule has 0 spiro atoms. The van der Waals surface area contributed by atoms with E-state index in [1.54, 1.807) is 0 Å². The minimum Gasteiger partial charge on any atom is -0.0880 e. The first-order valence-corrected chi connectivity index (χ1v) is 5.69. The molecule has 0 rings (SSSR count). The van der Waals surface area contributed by atoms with Gasteiger partial charge in [-0.2, -0.15) is 0 Å². The highest BCUT2D eigenvalue weighted by Crippen LogP contribution is 2.13. The summed E-state index contributed by atoms with van der Waals surface area (Å²) >= 11 is 0. The largest absolute Gasteiger partial charge is 0.0880 e. The summed E-state index contributed by atoms with van der Waals surface area (Å²) in [5.74, 6) is 2.41. The van der Waals surface area contributed by atoms with Gasteiger partial charge in [-0.3, -0.25) is 0 Å². The third-order valence-electron chi connectivity index (χ3n) is 2.27. The second-order valence-electron chi connectivity index (χ2n) is 5.01. The summed E-state index contributed by atoms with van der Waals surface area (Å²) in [6.45, 7) is 11.4. The van der Waals surface area contributed by atoms with Crippen LogP contribution in [0.1, 0.15) is 53.9 Å². The van der Waals surface area contributed by atoms with Crippen molar-refractivity contribution in [2.75, 3.05) is 0 Å². The highest BCUT2D eigenvalue weighted by molar-refractivity contribution is 4.86. The molecule has 0 aliphatic carbocycles. The van der Waals surface area contributed by atoms with Crippen LogP contribution in [-0.2, 0) is 0 Å². The van der Waals surface area contributed by atoms with Gasteiger partial charge in [0.15, 0.2) is 0 Å². The zero-order valence-corrected chi connectivity index (χ0v) is 10.0. The Morgan fingerprint density at radius 2 is 1.46 bits per heavy atom. The van der Waals surface area contributed by atoms with Crippen LogP contribution < -0.4 is 0 Å². The maximum atomic E-state index is 2.38. The molecule has 13 heavy (non-hydrogen) atoms. The van der Waals surface area contributed by atoms with E-state index in [4.69, 9.17) is 0 Å². The number of allylic oxidation sites excluding steroid dienone is 2. The van der Waals surface area contributed by atoms with Gasteiger partial charge in [-0.1, -0.05) is 53.2 Å². The molecule has 0 fully saturated rings. The molecule has 0 heterocycles. The fraction of sp³-hybridized carbons (Fsp3) is 0.846. The van der Waals surface area contributed by atoms with Crippen molar-refractivity contribution >= 4 is 0 Å². The quantitative estimate of drug-likeness (QED) is 0.524. The van der Waals surface area contributed by atoms with E-state index in [2.05, 4.69) is 46.8 Å². The third kappa shape index (κ3) is 9.66. The molecule has 0 N–H and O–H groups in total. The average Bonchev–Trinajstić information content (AvgIpc) is 2.00. The van der Waals surface area contributed by atoms with Crippen molar-refractivity contribution in [3.63, 3.8) is 0 Å². The first-order valence-electron chi connectivity index (χ1n) is 5.69. The molecule has 0 nitrogen and oxygen atoms in total. The first kappa shape index (κ1) is 12.7. The summed E-state index contributed by atoms with van der Waals surface area (Å²) in [5.41, 5.74) is 0. The van der Waals surface area contributed by atoms with Crippen LogP contribution in [0.15, 0.2) is 12.2 Å². The van der Waals surface area contributed by atoms with Crippen LogP contribution in [-0.4, -0.2) is 0 Å². The van der Waals surface area contributed by atoms with E-state index in [0.29, 0.717) is 0 Å². The molecule has 0 saturated carbocycles. The molecule has 0 radical (unpaired) electrons. The zero-order chi connectivity index (χ0) is 10.3. The predicted molar refractivity (Wildman–Crippen MR) is 61.8 cm³/mol. The van der Waals surface area contributed by atoms with Gasteiger partial charge in [-0.05, 0) is 30.6 Å². The molecule has 0 heteroatoms. The Bertz CT molecular complexity index is 131. The van der Waals surface area contributed by atoms with E-state index in [-0.39, 0.29) is 0 Å². The molecule has 0 aliphatic rings. The number of hydrogen-bond acceptors (Lipinski definition) is 0. The summed E-state index contributed by atoms with van der Waals surface area (Å²) in [6.07, 6.45) is 8.64. The predicted octanol–water partition coefficient (Wildman–Crippen LogP) is 4.66. The Morgan fingerprint density at radius 3 is 1.92 bits per heavy atom. The van der Waals surface area contributed by atoms with Gasteiger partial charge in [0, 0.05) is 0 Å². The van der Waals surface area contributed by atoms with Gasteiger partial charge in [0.1, 0.15) is 0 Å². The van der Waals surface area contributed by atoms with E-state index >= 15 is 0 Å². The molecule has 0 saturated heterocycles. The molecule has 0 aromatic heterocycles. The topological polar surface area (TPSA) is 0 Å². The Kier molecular flexibility index (Phi) is 7.03. The summed E-state index contributed by atoms with van der Waals surface area (Å²) in [7, 11) is 0. The van der Waals surface area contributed by atoms with Crippen LogP contribution in [0.3, 0.4) is 0 Å². The van der Waals surface area contributed by atoms with Crippen LogP contribution in [0, 0.1) is 17.8 Å². The van der Waals surface area contributed by atoms with E-state index in [0.717, 1.165) is 17.8 Å². The molecule has 0 amide bonds. The van der Waals surface area contributed by atoms with Gasteiger partial charge < -0.3 is 0 Å². The smallest absolute Gasteiger partial charge is 0.0262 e. The monoisotopic (exact) mass is 182 g/mol. The van der Waals surface area contributed by atoms with Gasteiger partial charge >= 0.3 is 0 Å². The lowest BCUT2D eigenvalue weighted by atomic mass is 9.98. The van der Waals surface area contributed by atoms with Crippen molar-refractivity contribution in [2.24, 2.45) is 17.8 Å². The van der Waals surface area contributed by atoms with E-state index in [1.807, 2.05) is 0 Å². The van der Waals surface area contributed by atoms with E-state index in [9.17, 15) is 0 Å². The number of hydrogen-bond donors (Lipinski definition) is 0. The SMILES string of the molecule is CC(C)C/C=C/C(C)CCC(C)C. The van der Waals surface area contributed by atoms with E-state index < -0.39 is 0 Å². The van der Waals surface area contributed by atoms with Gasteiger partial charge in [0.2, 0.25) is 0 Å². The third-order valence-corrected chi connectivity index (χ3v) is 2.27. The fourth-order valence-electron chi connectivity index (χ4n) is 1.28. The van der Waals surface area contributed by atoms with Crippen molar-refractivity contribution in [3.8, 4) is 0 Å². The van der Waals surface area contributed by atoms with Gasteiger partial charge in [0.25, 0.3) is 0 Å². The Hall–Kier alpha value is -0.260. The molecule has 78 valence electrons. The van der Waals surface area contributed by atoms with Crippen molar-refractivity contribution < 1.29 is 0 Å². The average molecular weight is 182 g/mol. The lowest BCUT2D eigenvalue weighted by Gasteiger charge is -2.08. The fourth-order valence-corrected chi connectivity index (χ4v) is 1.28. The highest BCUT2D eigenvalue weighted by atomic mass is 14.1. The standard InChI is InChI=1S/C13H26/c1-11(2)7-6-8-13(5)10-9-12(3)4/h6,8,11-13H,7,9-10H2,1-5H3/b8-6+. The molecule has 1 unspecified atom stereocenters. The normalized spacial score (nSPS) is 14.7. The first-order chi connectivity index (χ1) is 6.02. The Balaban J connectivity index is 3.49. The summed E-state index contributed by atoms with van der Waals surface area (Å²) in [4.78, 5) is 0. The van der Waals surface area contributed by atoms with Crippen molar-refractivity contribution in [1.82, 2.24) is 0 Å². The molecule has 0 aliphatic heterocycles. The van der Waals surface area contributed by atoms with Gasteiger partial charge in [0.05, 0.1) is 0 Å². The molecule has 0 aromatic carbocycles. The molecule has 0 aromatic rings. The summed E-state index contributed by atoms with van der Waals surface area (Å²) in [6, 6.07) is 0. The Morgan fingerprint density at radius 1 is 0.846 bits per heavy atom. The second kappa shape index (κ2) is 7.17. The zero-order valence-electron chi connectivity index (χ0n) is 10.0. The van der Waals surface area contributed by atoms with Crippen LogP contribution in [0.2, 0.25) is 0 Å². The summed E-state index contributed by atoms with van der Waals surface area (Å²) < 4.78 is 0. The highest BCUT2D eigenvalue weighted by Gasteiger charge is 1.99. The molecule has 0 bridgehead atoms. The van der Waals surface area contributed by atoms with Gasteiger partial charge in [-0.25, -0.2) is 0 Å². The number of rotatable bonds is 6. The van der Waals surface area contributed by atoms with Crippen LogP contribution in [0.5, 0.6) is 0 Å². The van der Waals surface area contributed by atoms with Crippen LogP contribution in [0.4, 0.5) is 0 Å². The minimum atomic E-state index is 0.765. The lowest BCUT2D eigenvalue weighted by Crippen LogP contribution is -1.94. The van der Waals surface area contributed by atoms with Crippen molar-refractivity contribution in [1.29, 1.82) is 0 Å². The lowest BCUT2D eigenvalue weighted by molar-refractivity contribution is 0.500. The van der Waals surface area contributed by atoms with Crippen molar-refractivity contribution in [3.05, 3.63) is 12.2 Å². The maximum Gasteiger partial charge on any atom is -0.0262 e. The van der Waals surface area contributed by atoms with Crippen LogP contribution >= 0.6 is 0 Å². The van der Waals surface area contributed by atoms with E-state index in [1.165, 1.54) is 19.3 Å². The molecular formula is C13H26. The van der Waals surface area contributed by atoms with Gasteiger partial charge in [-0.15, -0.1) is 0 Å². The summed E-state index contributed by atoms with van der Waals surface area (Å²) in [5, 5.41) is 0. The maximum absolute atomic E-state index is 2.38. The minimum absolute atomic E-state index is 0.765. The molecular weight excluding hydrogens is 156 g/mol. The second-order valence-corrected chi connectivity index (χ2v) is 5.01. The molecule has 1 atom stereocenters. The van der Waals surface area contributed by atoms with Crippen molar-refractivity contribution in [2.45, 2.75) is 53.9 Å². The Labute approximate surface area is 84.4 Å².